The molecule has 80 valence electrons. The van der Waals surface area contributed by atoms with Crippen LogP contribution >= 0.6 is 0 Å². The third-order valence-corrected chi connectivity index (χ3v) is 3.11. The summed E-state index contributed by atoms with van der Waals surface area (Å²) < 4.78 is 0. The maximum atomic E-state index is 11.1. The monoisotopic (exact) mass is 212 g/mol. The van der Waals surface area contributed by atoms with E-state index in [1.54, 1.807) is 0 Å². The molecule has 0 aliphatic rings. The van der Waals surface area contributed by atoms with Crippen molar-refractivity contribution in [2.24, 2.45) is 0 Å². The Morgan fingerprint density at radius 2 is 1.38 bits per heavy atom. The van der Waals surface area contributed by atoms with E-state index in [1.165, 1.54) is 0 Å². The average Bonchev–Trinajstić information content (AvgIpc) is 2.33. The van der Waals surface area contributed by atoms with Crippen LogP contribution in [0.2, 0.25) is 0 Å². The van der Waals surface area contributed by atoms with Crippen LogP contribution < -0.4 is 0 Å². The van der Waals surface area contributed by atoms with Gasteiger partial charge in [0, 0.05) is 11.1 Å². The maximum Gasteiger partial charge on any atom is 0.151 e. The van der Waals surface area contributed by atoms with Crippen LogP contribution in [0.15, 0.2) is 24.3 Å². The van der Waals surface area contributed by atoms with Gasteiger partial charge < -0.3 is 0 Å². The molecule has 0 saturated carbocycles. The second kappa shape index (κ2) is 3.89. The van der Waals surface area contributed by atoms with E-state index in [9.17, 15) is 9.59 Å². The second-order valence-corrected chi connectivity index (χ2v) is 3.86. The molecular formula is C14H12O2. The van der Waals surface area contributed by atoms with Crippen LogP contribution in [-0.2, 0) is 0 Å². The molecular weight excluding hydrogens is 200 g/mol. The van der Waals surface area contributed by atoms with Crippen molar-refractivity contribution >= 4 is 23.3 Å². The highest BCUT2D eigenvalue weighted by Gasteiger charge is 2.12. The molecule has 0 heterocycles. The predicted octanol–water partition coefficient (Wildman–Crippen LogP) is 3.08. The molecule has 2 rings (SSSR count). The van der Waals surface area contributed by atoms with Gasteiger partial charge >= 0.3 is 0 Å². The highest BCUT2D eigenvalue weighted by atomic mass is 16.1. The van der Waals surface area contributed by atoms with Gasteiger partial charge in [-0.1, -0.05) is 24.3 Å². The minimum absolute atomic E-state index is 0.494. The Morgan fingerprint density at radius 1 is 0.812 bits per heavy atom. The van der Waals surface area contributed by atoms with Crippen LogP contribution in [0.1, 0.15) is 31.8 Å². The second-order valence-electron chi connectivity index (χ2n) is 3.86. The molecule has 2 heteroatoms. The van der Waals surface area contributed by atoms with Crippen molar-refractivity contribution in [3.05, 3.63) is 46.5 Å². The third kappa shape index (κ3) is 1.34. The van der Waals surface area contributed by atoms with Crippen molar-refractivity contribution in [3.63, 3.8) is 0 Å². The number of aryl methyl sites for hydroxylation is 1. The van der Waals surface area contributed by atoms with E-state index in [1.807, 2.05) is 38.1 Å². The number of benzene rings is 2. The lowest BCUT2D eigenvalue weighted by atomic mass is 9.91. The Morgan fingerprint density at radius 3 is 1.94 bits per heavy atom. The molecule has 0 fully saturated rings. The van der Waals surface area contributed by atoms with Crippen LogP contribution in [0.25, 0.3) is 10.8 Å². The van der Waals surface area contributed by atoms with E-state index in [4.69, 9.17) is 0 Å². The minimum atomic E-state index is 0.494. The maximum absolute atomic E-state index is 11.1. The topological polar surface area (TPSA) is 34.1 Å². The average molecular weight is 212 g/mol. The fourth-order valence-corrected chi connectivity index (χ4v) is 2.07. The van der Waals surface area contributed by atoms with Gasteiger partial charge in [-0.3, -0.25) is 9.59 Å². The molecule has 0 aliphatic heterocycles. The molecule has 0 N–H and O–H groups in total. The van der Waals surface area contributed by atoms with Crippen LogP contribution in [0.5, 0.6) is 0 Å². The molecule has 0 radical (unpaired) electrons. The van der Waals surface area contributed by atoms with Gasteiger partial charge in [0.1, 0.15) is 0 Å². The first-order chi connectivity index (χ1) is 7.70. The number of hydrogen-bond acceptors (Lipinski definition) is 2. The van der Waals surface area contributed by atoms with Gasteiger partial charge in [0.2, 0.25) is 0 Å². The van der Waals surface area contributed by atoms with Crippen LogP contribution in [0.4, 0.5) is 0 Å². The SMILES string of the molecule is Cc1c(C=O)c(C=O)c2ccccc2c1C. The first-order valence-corrected chi connectivity index (χ1v) is 5.13. The molecule has 0 amide bonds. The summed E-state index contributed by atoms with van der Waals surface area (Å²) in [6.45, 7) is 3.84. The van der Waals surface area contributed by atoms with Crippen LogP contribution in [0.3, 0.4) is 0 Å². The zero-order valence-electron chi connectivity index (χ0n) is 9.28. The third-order valence-electron chi connectivity index (χ3n) is 3.11. The highest BCUT2D eigenvalue weighted by Crippen LogP contribution is 2.27. The normalized spacial score (nSPS) is 10.4. The minimum Gasteiger partial charge on any atom is -0.298 e. The molecule has 2 aromatic carbocycles. The van der Waals surface area contributed by atoms with E-state index in [-0.39, 0.29) is 0 Å². The fraction of sp³-hybridized carbons (Fsp3) is 0.143. The van der Waals surface area contributed by atoms with E-state index in [0.29, 0.717) is 11.1 Å². The number of fused-ring (bicyclic) bond motifs is 1. The van der Waals surface area contributed by atoms with Crippen LogP contribution in [0, 0.1) is 13.8 Å². The summed E-state index contributed by atoms with van der Waals surface area (Å²) in [5.41, 5.74) is 2.94. The predicted molar refractivity (Wildman–Crippen MR) is 64.2 cm³/mol. The first kappa shape index (κ1) is 10.6. The smallest absolute Gasteiger partial charge is 0.151 e. The highest BCUT2D eigenvalue weighted by molar-refractivity contribution is 6.07. The van der Waals surface area contributed by atoms with E-state index in [0.717, 1.165) is 34.5 Å². The largest absolute Gasteiger partial charge is 0.298 e. The summed E-state index contributed by atoms with van der Waals surface area (Å²) in [5.74, 6) is 0. The number of carbonyl (C=O) groups excluding carboxylic acids is 2. The van der Waals surface area contributed by atoms with Gasteiger partial charge in [-0.25, -0.2) is 0 Å². The van der Waals surface area contributed by atoms with Gasteiger partial charge in [0.05, 0.1) is 0 Å². The lowest BCUT2D eigenvalue weighted by Gasteiger charge is -2.11. The molecule has 0 aliphatic carbocycles. The summed E-state index contributed by atoms with van der Waals surface area (Å²) in [6, 6.07) is 7.65. The summed E-state index contributed by atoms with van der Waals surface area (Å²) >= 11 is 0. The Balaban J connectivity index is 3.06. The van der Waals surface area contributed by atoms with Gasteiger partial charge in [0.25, 0.3) is 0 Å². The van der Waals surface area contributed by atoms with E-state index >= 15 is 0 Å². The molecule has 0 spiro atoms. The zero-order chi connectivity index (χ0) is 11.7. The van der Waals surface area contributed by atoms with Crippen molar-refractivity contribution in [1.82, 2.24) is 0 Å². The fourth-order valence-electron chi connectivity index (χ4n) is 2.07. The Bertz CT molecular complexity index is 583. The molecule has 16 heavy (non-hydrogen) atoms. The van der Waals surface area contributed by atoms with Crippen molar-refractivity contribution < 1.29 is 9.59 Å². The van der Waals surface area contributed by atoms with Crippen molar-refractivity contribution in [3.8, 4) is 0 Å². The number of rotatable bonds is 2. The molecule has 0 aromatic heterocycles. The van der Waals surface area contributed by atoms with Gasteiger partial charge in [0.15, 0.2) is 12.6 Å². The van der Waals surface area contributed by atoms with Gasteiger partial charge in [-0.2, -0.15) is 0 Å². The van der Waals surface area contributed by atoms with Gasteiger partial charge in [-0.05, 0) is 35.7 Å². The van der Waals surface area contributed by atoms with Crippen molar-refractivity contribution in [2.75, 3.05) is 0 Å². The molecule has 2 aromatic rings. The lowest BCUT2D eigenvalue weighted by Crippen LogP contribution is -1.99. The lowest BCUT2D eigenvalue weighted by molar-refractivity contribution is 0.109. The molecule has 0 saturated heterocycles. The van der Waals surface area contributed by atoms with Crippen molar-refractivity contribution in [2.45, 2.75) is 13.8 Å². The summed E-state index contributed by atoms with van der Waals surface area (Å²) in [4.78, 5) is 22.1. The van der Waals surface area contributed by atoms with E-state index < -0.39 is 0 Å². The summed E-state index contributed by atoms with van der Waals surface area (Å²) in [7, 11) is 0. The molecule has 0 atom stereocenters. The van der Waals surface area contributed by atoms with Crippen LogP contribution in [-0.4, -0.2) is 12.6 Å². The molecule has 2 nitrogen and oxygen atoms in total. The summed E-state index contributed by atoms with van der Waals surface area (Å²) in [6.07, 6.45) is 1.52. The Labute approximate surface area is 93.9 Å². The zero-order valence-corrected chi connectivity index (χ0v) is 9.28. The Hall–Kier alpha value is -1.96. The first-order valence-electron chi connectivity index (χ1n) is 5.13. The van der Waals surface area contributed by atoms with E-state index in [2.05, 4.69) is 0 Å². The number of hydrogen-bond donors (Lipinski definition) is 0. The van der Waals surface area contributed by atoms with Crippen molar-refractivity contribution in [1.29, 1.82) is 0 Å². The Kier molecular flexibility index (Phi) is 2.57. The summed E-state index contributed by atoms with van der Waals surface area (Å²) in [5, 5.41) is 1.88. The molecule has 0 bridgehead atoms. The van der Waals surface area contributed by atoms with Gasteiger partial charge in [-0.15, -0.1) is 0 Å². The molecule has 0 unspecified atom stereocenters. The number of aldehydes is 2. The quantitative estimate of drug-likeness (QED) is 0.717. The number of carbonyl (C=O) groups is 2. The standard InChI is InChI=1S/C14H12O2/c1-9-10(2)13(7-15)14(8-16)12-6-4-3-5-11(9)12/h3-8H,1-2H3.